The van der Waals surface area contributed by atoms with Crippen molar-refractivity contribution in [3.8, 4) is 0 Å². The summed E-state index contributed by atoms with van der Waals surface area (Å²) in [6, 6.07) is 4.49. The molecule has 0 aromatic heterocycles. The molecule has 0 heterocycles. The zero-order valence-corrected chi connectivity index (χ0v) is 8.60. The van der Waals surface area contributed by atoms with Crippen LogP contribution in [-0.2, 0) is 16.1 Å². The molecular weight excluding hydrogens is 239 g/mol. The normalized spacial score (nSPS) is 9.77. The Morgan fingerprint density at radius 2 is 2.31 bits per heavy atom. The molecule has 0 N–H and O–H groups in total. The number of rotatable bonds is 2. The molecule has 1 rings (SSSR count). The van der Waals surface area contributed by atoms with Gasteiger partial charge in [0, 0.05) is 17.0 Å². The van der Waals surface area contributed by atoms with Crippen molar-refractivity contribution in [1.82, 2.24) is 0 Å². The van der Waals surface area contributed by atoms with Crippen molar-refractivity contribution in [2.45, 2.75) is 13.5 Å². The third-order valence-corrected chi connectivity index (χ3v) is 1.93. The summed E-state index contributed by atoms with van der Waals surface area (Å²) < 4.78 is 18.4. The van der Waals surface area contributed by atoms with E-state index in [1.54, 1.807) is 12.1 Å². The Balaban J connectivity index is 2.75. The first kappa shape index (κ1) is 10.2. The first-order chi connectivity index (χ1) is 6.09. The zero-order chi connectivity index (χ0) is 9.84. The Morgan fingerprint density at radius 1 is 1.62 bits per heavy atom. The lowest BCUT2D eigenvalue weighted by Crippen LogP contribution is -2.00. The van der Waals surface area contributed by atoms with Crippen LogP contribution in [0.1, 0.15) is 12.5 Å². The van der Waals surface area contributed by atoms with Crippen LogP contribution in [-0.4, -0.2) is 5.97 Å². The van der Waals surface area contributed by atoms with Crippen molar-refractivity contribution < 1.29 is 13.9 Å². The molecular formula is C9H8BrFO2. The quantitative estimate of drug-likeness (QED) is 0.751. The predicted octanol–water partition coefficient (Wildman–Crippen LogP) is 2.65. The molecule has 0 unspecified atom stereocenters. The molecule has 0 amide bonds. The molecule has 0 spiro atoms. The summed E-state index contributed by atoms with van der Waals surface area (Å²) in [6.07, 6.45) is 0. The van der Waals surface area contributed by atoms with E-state index >= 15 is 0 Å². The second-order valence-electron chi connectivity index (χ2n) is 2.52. The molecule has 0 aliphatic rings. The minimum absolute atomic E-state index is 0.0272. The Labute approximate surface area is 83.8 Å². The molecule has 70 valence electrons. The van der Waals surface area contributed by atoms with Gasteiger partial charge in [0.05, 0.1) is 0 Å². The summed E-state index contributed by atoms with van der Waals surface area (Å²) in [5.74, 6) is -0.788. The van der Waals surface area contributed by atoms with Crippen LogP contribution < -0.4 is 0 Å². The molecule has 0 radical (unpaired) electrons. The lowest BCUT2D eigenvalue weighted by atomic mass is 10.2. The first-order valence-electron chi connectivity index (χ1n) is 3.67. The third kappa shape index (κ3) is 3.14. The van der Waals surface area contributed by atoms with E-state index in [-0.39, 0.29) is 12.4 Å². The predicted molar refractivity (Wildman–Crippen MR) is 49.6 cm³/mol. The second kappa shape index (κ2) is 4.37. The number of hydrogen-bond acceptors (Lipinski definition) is 2. The van der Waals surface area contributed by atoms with Gasteiger partial charge < -0.3 is 4.74 Å². The van der Waals surface area contributed by atoms with E-state index in [1.165, 1.54) is 13.0 Å². The smallest absolute Gasteiger partial charge is 0.302 e. The highest BCUT2D eigenvalue weighted by Gasteiger charge is 2.03. The van der Waals surface area contributed by atoms with Crippen molar-refractivity contribution in [1.29, 1.82) is 0 Å². The van der Waals surface area contributed by atoms with E-state index < -0.39 is 5.97 Å². The van der Waals surface area contributed by atoms with Crippen molar-refractivity contribution in [2.75, 3.05) is 0 Å². The van der Waals surface area contributed by atoms with E-state index in [2.05, 4.69) is 20.7 Å². The minimum atomic E-state index is -0.417. The van der Waals surface area contributed by atoms with Gasteiger partial charge in [-0.25, -0.2) is 4.39 Å². The summed E-state index contributed by atoms with van der Waals surface area (Å²) in [7, 11) is 0. The minimum Gasteiger partial charge on any atom is -0.461 e. The lowest BCUT2D eigenvalue weighted by Gasteiger charge is -2.03. The monoisotopic (exact) mass is 246 g/mol. The fourth-order valence-electron chi connectivity index (χ4n) is 0.833. The maximum Gasteiger partial charge on any atom is 0.302 e. The average Bonchev–Trinajstić information content (AvgIpc) is 2.06. The fraction of sp³-hybridized carbons (Fsp3) is 0.222. The Kier molecular flexibility index (Phi) is 3.42. The first-order valence-corrected chi connectivity index (χ1v) is 4.46. The number of benzene rings is 1. The van der Waals surface area contributed by atoms with E-state index in [0.717, 1.165) is 4.47 Å². The van der Waals surface area contributed by atoms with Gasteiger partial charge in [-0.2, -0.15) is 0 Å². The Bertz CT molecular complexity index is 325. The molecule has 0 atom stereocenters. The standard InChI is InChI=1S/C9H8BrFO2/c1-6(12)13-5-7-4-8(10)2-3-9(7)11/h2-4H,5H2,1H3. The Hall–Kier alpha value is -0.900. The van der Waals surface area contributed by atoms with Crippen LogP contribution in [0, 0.1) is 5.82 Å². The fourth-order valence-corrected chi connectivity index (χ4v) is 1.24. The number of esters is 1. The van der Waals surface area contributed by atoms with Crippen LogP contribution in [0.3, 0.4) is 0 Å². The van der Waals surface area contributed by atoms with Crippen LogP contribution >= 0.6 is 15.9 Å². The van der Waals surface area contributed by atoms with Crippen molar-refractivity contribution >= 4 is 21.9 Å². The third-order valence-electron chi connectivity index (χ3n) is 1.44. The van der Waals surface area contributed by atoms with Crippen LogP contribution in [0.5, 0.6) is 0 Å². The van der Waals surface area contributed by atoms with Gasteiger partial charge in [-0.3, -0.25) is 4.79 Å². The number of carbonyl (C=O) groups excluding carboxylic acids is 1. The average molecular weight is 247 g/mol. The van der Waals surface area contributed by atoms with E-state index in [4.69, 9.17) is 0 Å². The van der Waals surface area contributed by atoms with Crippen LogP contribution in [0.2, 0.25) is 0 Å². The molecule has 0 bridgehead atoms. The molecule has 0 saturated carbocycles. The summed E-state index contributed by atoms with van der Waals surface area (Å²) in [4.78, 5) is 10.5. The van der Waals surface area contributed by atoms with Crippen molar-refractivity contribution in [3.63, 3.8) is 0 Å². The topological polar surface area (TPSA) is 26.3 Å². The summed E-state index contributed by atoms with van der Waals surface area (Å²) in [5.41, 5.74) is 0.365. The summed E-state index contributed by atoms with van der Waals surface area (Å²) >= 11 is 3.20. The maximum absolute atomic E-state index is 13.0. The van der Waals surface area contributed by atoms with Gasteiger partial charge in [-0.05, 0) is 18.2 Å². The van der Waals surface area contributed by atoms with Gasteiger partial charge in [-0.1, -0.05) is 15.9 Å². The number of ether oxygens (including phenoxy) is 1. The van der Waals surface area contributed by atoms with E-state index in [9.17, 15) is 9.18 Å². The van der Waals surface area contributed by atoms with E-state index in [0.29, 0.717) is 5.56 Å². The molecule has 1 aromatic rings. The molecule has 0 aliphatic carbocycles. The van der Waals surface area contributed by atoms with Gasteiger partial charge in [0.25, 0.3) is 0 Å². The zero-order valence-electron chi connectivity index (χ0n) is 7.01. The van der Waals surface area contributed by atoms with Crippen LogP contribution in [0.25, 0.3) is 0 Å². The van der Waals surface area contributed by atoms with Gasteiger partial charge in [0.15, 0.2) is 0 Å². The van der Waals surface area contributed by atoms with Crippen LogP contribution in [0.4, 0.5) is 4.39 Å². The molecule has 0 saturated heterocycles. The largest absolute Gasteiger partial charge is 0.461 e. The molecule has 4 heteroatoms. The molecule has 2 nitrogen and oxygen atoms in total. The van der Waals surface area contributed by atoms with E-state index in [1.807, 2.05) is 0 Å². The summed E-state index contributed by atoms with van der Waals surface area (Å²) in [5, 5.41) is 0. The molecule has 13 heavy (non-hydrogen) atoms. The van der Waals surface area contributed by atoms with Crippen molar-refractivity contribution in [2.24, 2.45) is 0 Å². The maximum atomic E-state index is 13.0. The van der Waals surface area contributed by atoms with Gasteiger partial charge in [0.1, 0.15) is 12.4 Å². The highest BCUT2D eigenvalue weighted by atomic mass is 79.9. The van der Waals surface area contributed by atoms with Gasteiger partial charge >= 0.3 is 5.97 Å². The molecule has 1 aromatic carbocycles. The number of hydrogen-bond donors (Lipinski definition) is 0. The molecule has 0 fully saturated rings. The van der Waals surface area contributed by atoms with Crippen LogP contribution in [0.15, 0.2) is 22.7 Å². The lowest BCUT2D eigenvalue weighted by molar-refractivity contribution is -0.142. The molecule has 0 aliphatic heterocycles. The SMILES string of the molecule is CC(=O)OCc1cc(Br)ccc1F. The highest BCUT2D eigenvalue weighted by Crippen LogP contribution is 2.16. The summed E-state index contributed by atoms with van der Waals surface area (Å²) in [6.45, 7) is 1.26. The van der Waals surface area contributed by atoms with Gasteiger partial charge in [-0.15, -0.1) is 0 Å². The van der Waals surface area contributed by atoms with Gasteiger partial charge in [0.2, 0.25) is 0 Å². The number of halogens is 2. The highest BCUT2D eigenvalue weighted by molar-refractivity contribution is 9.10. The second-order valence-corrected chi connectivity index (χ2v) is 3.43. The number of carbonyl (C=O) groups is 1. The Morgan fingerprint density at radius 3 is 2.92 bits per heavy atom. The van der Waals surface area contributed by atoms with Crippen molar-refractivity contribution in [3.05, 3.63) is 34.1 Å².